The second-order valence-corrected chi connectivity index (χ2v) is 21.7. The van der Waals surface area contributed by atoms with Gasteiger partial charge in [-0.1, -0.05) is 288 Å². The van der Waals surface area contributed by atoms with E-state index in [9.17, 15) is 14.4 Å². The highest BCUT2D eigenvalue weighted by Crippen LogP contribution is 2.17. The summed E-state index contributed by atoms with van der Waals surface area (Å²) in [5.74, 6) is -0.861. The van der Waals surface area contributed by atoms with Crippen molar-refractivity contribution in [3.63, 3.8) is 0 Å². The van der Waals surface area contributed by atoms with Gasteiger partial charge in [-0.25, -0.2) is 0 Å². The van der Waals surface area contributed by atoms with Crippen LogP contribution in [-0.2, 0) is 28.6 Å². The predicted octanol–water partition coefficient (Wildman–Crippen LogP) is 21.8. The lowest BCUT2D eigenvalue weighted by Crippen LogP contribution is -2.30. The van der Waals surface area contributed by atoms with Crippen LogP contribution in [0.1, 0.15) is 342 Å². The molecule has 0 spiro atoms. The molecule has 0 fully saturated rings. The highest BCUT2D eigenvalue weighted by atomic mass is 16.6. The molecule has 0 aliphatic carbocycles. The summed E-state index contributed by atoms with van der Waals surface area (Å²) in [6.45, 7) is 6.65. The molecule has 0 bridgehead atoms. The fraction of sp³-hybridized carbons (Fsp3) is 0.836. The Bertz CT molecular complexity index is 1270. The molecule has 73 heavy (non-hydrogen) atoms. The summed E-state index contributed by atoms with van der Waals surface area (Å²) >= 11 is 0. The van der Waals surface area contributed by atoms with Crippen molar-refractivity contribution in [1.29, 1.82) is 0 Å². The minimum absolute atomic E-state index is 0.0716. The Morgan fingerprint density at radius 1 is 0.274 bits per heavy atom. The van der Waals surface area contributed by atoms with Crippen LogP contribution < -0.4 is 0 Å². The van der Waals surface area contributed by atoms with E-state index >= 15 is 0 Å². The first kappa shape index (κ1) is 70.4. The Morgan fingerprint density at radius 3 is 0.781 bits per heavy atom. The van der Waals surface area contributed by atoms with Gasteiger partial charge < -0.3 is 14.2 Å². The van der Waals surface area contributed by atoms with Crippen LogP contribution in [0.15, 0.2) is 48.6 Å². The van der Waals surface area contributed by atoms with Crippen LogP contribution in [0.25, 0.3) is 0 Å². The molecule has 0 heterocycles. The van der Waals surface area contributed by atoms with Crippen molar-refractivity contribution in [3.05, 3.63) is 48.6 Å². The summed E-state index contributed by atoms with van der Waals surface area (Å²) in [6, 6.07) is 0. The van der Waals surface area contributed by atoms with Crippen LogP contribution in [0, 0.1) is 0 Å². The molecule has 0 saturated carbocycles. The number of unbranched alkanes of at least 4 members (excludes halogenated alkanes) is 40. The summed E-state index contributed by atoms with van der Waals surface area (Å²) < 4.78 is 16.9. The maximum atomic E-state index is 12.9. The van der Waals surface area contributed by atoms with Gasteiger partial charge in [-0.3, -0.25) is 14.4 Å². The largest absolute Gasteiger partial charge is 0.462 e. The average molecular weight is 1020 g/mol. The Kier molecular flexibility index (Phi) is 59.7. The Hall–Kier alpha value is -2.63. The van der Waals surface area contributed by atoms with Gasteiger partial charge in [0.1, 0.15) is 13.2 Å². The number of ether oxygens (including phenoxy) is 3. The highest BCUT2D eigenvalue weighted by molar-refractivity contribution is 5.71. The minimum Gasteiger partial charge on any atom is -0.462 e. The molecule has 0 amide bonds. The second-order valence-electron chi connectivity index (χ2n) is 21.7. The third kappa shape index (κ3) is 60.1. The Labute approximate surface area is 454 Å². The van der Waals surface area contributed by atoms with Gasteiger partial charge in [-0.05, 0) is 83.5 Å². The zero-order chi connectivity index (χ0) is 52.9. The number of carbonyl (C=O) groups is 3. The van der Waals surface area contributed by atoms with E-state index in [4.69, 9.17) is 14.2 Å². The SMILES string of the molecule is CCCCCCC/C=C\C/C=C\C/C=C\CCCCCCCCCCCCCCC(=O)OCC(COC(=O)CCCCCCCCCCCC)OC(=O)CCCCCCCCC/C=C\CCCCCCCCC. The van der Waals surface area contributed by atoms with Crippen LogP contribution in [-0.4, -0.2) is 37.2 Å². The monoisotopic (exact) mass is 1020 g/mol. The summed E-state index contributed by atoms with van der Waals surface area (Å²) in [4.78, 5) is 38.2. The molecule has 0 radical (unpaired) electrons. The van der Waals surface area contributed by atoms with Gasteiger partial charge in [0, 0.05) is 19.3 Å². The highest BCUT2D eigenvalue weighted by Gasteiger charge is 2.19. The number of carbonyl (C=O) groups excluding carboxylic acids is 3. The summed E-state index contributed by atoms with van der Waals surface area (Å²) in [5, 5.41) is 0. The first-order valence-corrected chi connectivity index (χ1v) is 32.1. The van der Waals surface area contributed by atoms with E-state index in [1.54, 1.807) is 0 Å². The topological polar surface area (TPSA) is 78.9 Å². The lowest BCUT2D eigenvalue weighted by Gasteiger charge is -2.18. The van der Waals surface area contributed by atoms with Crippen molar-refractivity contribution in [3.8, 4) is 0 Å². The molecule has 426 valence electrons. The van der Waals surface area contributed by atoms with E-state index in [0.717, 1.165) is 70.6 Å². The van der Waals surface area contributed by atoms with Crippen molar-refractivity contribution in [1.82, 2.24) is 0 Å². The number of allylic oxidation sites excluding steroid dienone is 8. The Morgan fingerprint density at radius 2 is 0.493 bits per heavy atom. The minimum atomic E-state index is -0.773. The number of hydrogen-bond donors (Lipinski definition) is 0. The molecule has 0 aromatic carbocycles. The molecule has 1 unspecified atom stereocenters. The van der Waals surface area contributed by atoms with Crippen molar-refractivity contribution in [2.75, 3.05) is 13.2 Å². The first-order valence-electron chi connectivity index (χ1n) is 32.1. The van der Waals surface area contributed by atoms with E-state index in [2.05, 4.69) is 69.4 Å². The number of esters is 3. The molecule has 0 rings (SSSR count). The molecule has 6 heteroatoms. The summed E-state index contributed by atoms with van der Waals surface area (Å²) in [5.41, 5.74) is 0. The molecule has 0 aliphatic rings. The molecular weight excluding hydrogens is 901 g/mol. The molecular formula is C67H122O6. The maximum absolute atomic E-state index is 12.9. The van der Waals surface area contributed by atoms with E-state index in [0.29, 0.717) is 19.3 Å². The zero-order valence-electron chi connectivity index (χ0n) is 48.9. The molecule has 0 saturated heterocycles. The van der Waals surface area contributed by atoms with E-state index in [-0.39, 0.29) is 31.1 Å². The van der Waals surface area contributed by atoms with Gasteiger partial charge in [0.2, 0.25) is 0 Å². The van der Waals surface area contributed by atoms with Crippen molar-refractivity contribution < 1.29 is 28.6 Å². The van der Waals surface area contributed by atoms with Gasteiger partial charge in [-0.15, -0.1) is 0 Å². The lowest BCUT2D eigenvalue weighted by molar-refractivity contribution is -0.167. The standard InChI is InChI=1S/C67H122O6/c1-4-7-10-13-16-19-22-24-26-28-30-31-32-33-34-35-36-37-38-40-41-43-45-48-51-54-57-60-66(69)72-63-64(62-71-65(68)59-56-53-50-47-21-18-15-12-9-6-3)73-67(70)61-58-55-52-49-46-44-42-39-29-27-25-23-20-17-14-11-8-5-2/h22,24,27-30,32-33,64H,4-21,23,25-26,31,34-63H2,1-3H3/b24-22-,29-27-,30-28-,33-32-. The summed E-state index contributed by atoms with van der Waals surface area (Å²) in [7, 11) is 0. The van der Waals surface area contributed by atoms with Crippen molar-refractivity contribution >= 4 is 17.9 Å². The van der Waals surface area contributed by atoms with Crippen molar-refractivity contribution in [2.24, 2.45) is 0 Å². The van der Waals surface area contributed by atoms with Crippen LogP contribution in [0.4, 0.5) is 0 Å². The predicted molar refractivity (Wildman–Crippen MR) is 316 cm³/mol. The van der Waals surface area contributed by atoms with Crippen LogP contribution >= 0.6 is 0 Å². The van der Waals surface area contributed by atoms with Crippen molar-refractivity contribution in [2.45, 2.75) is 348 Å². The Balaban J connectivity index is 4.20. The normalized spacial score (nSPS) is 12.3. The van der Waals surface area contributed by atoms with Gasteiger partial charge in [-0.2, -0.15) is 0 Å². The van der Waals surface area contributed by atoms with E-state index in [1.807, 2.05) is 0 Å². The van der Waals surface area contributed by atoms with Crippen LogP contribution in [0.2, 0.25) is 0 Å². The fourth-order valence-corrected chi connectivity index (χ4v) is 9.45. The molecule has 0 aromatic rings. The smallest absolute Gasteiger partial charge is 0.306 e. The zero-order valence-corrected chi connectivity index (χ0v) is 48.9. The van der Waals surface area contributed by atoms with Gasteiger partial charge >= 0.3 is 17.9 Å². The van der Waals surface area contributed by atoms with Gasteiger partial charge in [0.15, 0.2) is 6.10 Å². The molecule has 0 aromatic heterocycles. The van der Waals surface area contributed by atoms with Crippen LogP contribution in [0.5, 0.6) is 0 Å². The molecule has 0 N–H and O–H groups in total. The lowest BCUT2D eigenvalue weighted by atomic mass is 10.0. The number of rotatable bonds is 59. The van der Waals surface area contributed by atoms with Gasteiger partial charge in [0.05, 0.1) is 0 Å². The van der Waals surface area contributed by atoms with E-state index in [1.165, 1.54) is 231 Å². The molecule has 6 nitrogen and oxygen atoms in total. The average Bonchev–Trinajstić information content (AvgIpc) is 3.39. The van der Waals surface area contributed by atoms with E-state index < -0.39 is 6.10 Å². The quantitative estimate of drug-likeness (QED) is 0.0261. The van der Waals surface area contributed by atoms with Crippen LogP contribution in [0.3, 0.4) is 0 Å². The summed E-state index contributed by atoms with van der Waals surface area (Å²) in [6.07, 6.45) is 76.9. The third-order valence-electron chi connectivity index (χ3n) is 14.3. The fourth-order valence-electron chi connectivity index (χ4n) is 9.45. The maximum Gasteiger partial charge on any atom is 0.306 e. The molecule has 1 atom stereocenters. The number of hydrogen-bond acceptors (Lipinski definition) is 6. The second kappa shape index (κ2) is 61.9. The third-order valence-corrected chi connectivity index (χ3v) is 14.3. The van der Waals surface area contributed by atoms with Gasteiger partial charge in [0.25, 0.3) is 0 Å². The molecule has 0 aliphatic heterocycles. The first-order chi connectivity index (χ1) is 36.0.